The molecule has 0 spiro atoms. The standard InChI is InChI=1S/C23H28FN9O/c1-14-15(8-33-13-31-18-19(26)29-12-30-20(18)33)17(5-4-16(14)24)32-7-6-23(27,11-32)21(34)28-10-22(2,3)9-25/h4-5,12-13H,6-8,10-11,27H2,1-3H3,(H,28,34)(H2,26,29,30)/t23-/m1/s1. The van der Waals surface area contributed by atoms with Gasteiger partial charge in [-0.2, -0.15) is 5.26 Å². The fraction of sp³-hybridized carbons (Fsp3) is 0.435. The average molecular weight is 466 g/mol. The summed E-state index contributed by atoms with van der Waals surface area (Å²) < 4.78 is 16.4. The van der Waals surface area contributed by atoms with Crippen LogP contribution < -0.4 is 21.7 Å². The quantitative estimate of drug-likeness (QED) is 0.495. The number of carbonyl (C=O) groups excluding carboxylic acids is 1. The maximum absolute atomic E-state index is 14.6. The predicted octanol–water partition coefficient (Wildman–Crippen LogP) is 1.48. The van der Waals surface area contributed by atoms with E-state index in [4.69, 9.17) is 11.5 Å². The van der Waals surface area contributed by atoms with Gasteiger partial charge in [0.2, 0.25) is 5.91 Å². The summed E-state index contributed by atoms with van der Waals surface area (Å²) in [5.74, 6) is -0.350. The first kappa shape index (κ1) is 23.4. The lowest BCUT2D eigenvalue weighted by atomic mass is 9.94. The highest BCUT2D eigenvalue weighted by molar-refractivity contribution is 5.88. The third-order valence-electron chi connectivity index (χ3n) is 6.35. The SMILES string of the molecule is Cc1c(F)ccc(N2CC[C@](N)(C(=O)NCC(C)(C)C#N)C2)c1Cn1cnc2c(N)ncnc21. The summed E-state index contributed by atoms with van der Waals surface area (Å²) in [5.41, 5.74) is 13.7. The first-order valence-electron chi connectivity index (χ1n) is 11.0. The summed E-state index contributed by atoms with van der Waals surface area (Å²) in [4.78, 5) is 27.4. The maximum atomic E-state index is 14.6. The second-order valence-corrected chi connectivity index (χ2v) is 9.48. The average Bonchev–Trinajstić information content (AvgIpc) is 3.41. The number of hydrogen-bond acceptors (Lipinski definition) is 8. The lowest BCUT2D eigenvalue weighted by Gasteiger charge is -2.28. The molecule has 4 rings (SSSR count). The molecule has 10 nitrogen and oxygen atoms in total. The Balaban J connectivity index is 1.61. The Morgan fingerprint density at radius 1 is 1.35 bits per heavy atom. The number of nitrogens with one attached hydrogen (secondary N) is 1. The van der Waals surface area contributed by atoms with Crippen molar-refractivity contribution in [1.82, 2.24) is 24.8 Å². The first-order valence-corrected chi connectivity index (χ1v) is 11.0. The normalized spacial score (nSPS) is 18.3. The Morgan fingerprint density at radius 3 is 2.85 bits per heavy atom. The van der Waals surface area contributed by atoms with Crippen LogP contribution in [0.5, 0.6) is 0 Å². The Bertz CT molecular complexity index is 1300. The fourth-order valence-electron chi connectivity index (χ4n) is 4.14. The van der Waals surface area contributed by atoms with E-state index in [9.17, 15) is 14.4 Å². The molecule has 1 aliphatic heterocycles. The molecule has 5 N–H and O–H groups in total. The number of rotatable bonds is 6. The van der Waals surface area contributed by atoms with Gasteiger partial charge >= 0.3 is 0 Å². The lowest BCUT2D eigenvalue weighted by Crippen LogP contribution is -2.56. The Kier molecular flexibility index (Phi) is 5.87. The van der Waals surface area contributed by atoms with Crippen molar-refractivity contribution in [2.75, 3.05) is 30.3 Å². The number of nitrogens with zero attached hydrogens (tertiary/aromatic N) is 6. The molecular weight excluding hydrogens is 437 g/mol. The molecule has 1 aromatic carbocycles. The molecule has 0 bridgehead atoms. The summed E-state index contributed by atoms with van der Waals surface area (Å²) in [5, 5.41) is 12.0. The summed E-state index contributed by atoms with van der Waals surface area (Å²) in [7, 11) is 0. The van der Waals surface area contributed by atoms with Gasteiger partial charge in [0.05, 0.1) is 24.4 Å². The molecule has 2 aromatic heterocycles. The Hall–Kier alpha value is -3.78. The number of nitrogens with two attached hydrogens (primary N) is 2. The molecule has 1 aliphatic rings. The summed E-state index contributed by atoms with van der Waals surface area (Å²) in [6.07, 6.45) is 3.40. The van der Waals surface area contributed by atoms with Gasteiger partial charge in [-0.15, -0.1) is 0 Å². The van der Waals surface area contributed by atoms with E-state index in [0.29, 0.717) is 36.2 Å². The van der Waals surface area contributed by atoms with Crippen LogP contribution in [-0.2, 0) is 11.3 Å². The highest BCUT2D eigenvalue weighted by Crippen LogP contribution is 2.32. The second kappa shape index (κ2) is 8.53. The van der Waals surface area contributed by atoms with Crippen LogP contribution >= 0.6 is 0 Å². The van der Waals surface area contributed by atoms with Crippen molar-refractivity contribution in [3.05, 3.63) is 41.7 Å². The molecule has 34 heavy (non-hydrogen) atoms. The molecule has 3 heterocycles. The van der Waals surface area contributed by atoms with Crippen LogP contribution in [0, 0.1) is 29.5 Å². The van der Waals surface area contributed by atoms with Gasteiger partial charge in [-0.3, -0.25) is 4.79 Å². The molecule has 1 amide bonds. The number of halogens is 1. The number of benzene rings is 1. The van der Waals surface area contributed by atoms with E-state index in [1.807, 2.05) is 4.90 Å². The van der Waals surface area contributed by atoms with Gasteiger partial charge < -0.3 is 26.3 Å². The third-order valence-corrected chi connectivity index (χ3v) is 6.35. The van der Waals surface area contributed by atoms with E-state index in [0.717, 1.165) is 11.3 Å². The van der Waals surface area contributed by atoms with Crippen LogP contribution in [0.4, 0.5) is 15.9 Å². The number of fused-ring (bicyclic) bond motifs is 1. The van der Waals surface area contributed by atoms with Crippen LogP contribution in [0.25, 0.3) is 11.2 Å². The van der Waals surface area contributed by atoms with Gasteiger partial charge in [0, 0.05) is 30.9 Å². The number of anilines is 2. The van der Waals surface area contributed by atoms with E-state index < -0.39 is 11.0 Å². The van der Waals surface area contributed by atoms with Gasteiger partial charge in [-0.1, -0.05) is 0 Å². The fourth-order valence-corrected chi connectivity index (χ4v) is 4.14. The molecule has 11 heteroatoms. The molecule has 178 valence electrons. The molecule has 3 aromatic rings. The number of imidazole rings is 1. The minimum Gasteiger partial charge on any atom is -0.382 e. The largest absolute Gasteiger partial charge is 0.382 e. The molecular formula is C23H28FN9O. The van der Waals surface area contributed by atoms with E-state index in [1.54, 1.807) is 37.7 Å². The van der Waals surface area contributed by atoms with Gasteiger partial charge in [-0.05, 0) is 44.9 Å². The maximum Gasteiger partial charge on any atom is 0.242 e. The summed E-state index contributed by atoms with van der Waals surface area (Å²) >= 11 is 0. The highest BCUT2D eigenvalue weighted by atomic mass is 19.1. The van der Waals surface area contributed by atoms with E-state index >= 15 is 0 Å². The molecule has 1 fully saturated rings. The monoisotopic (exact) mass is 465 g/mol. The zero-order valence-corrected chi connectivity index (χ0v) is 19.5. The minimum atomic E-state index is -1.12. The molecule has 1 saturated heterocycles. The highest BCUT2D eigenvalue weighted by Gasteiger charge is 2.42. The molecule has 0 unspecified atom stereocenters. The topological polar surface area (TPSA) is 152 Å². The number of amides is 1. The van der Waals surface area contributed by atoms with Gasteiger partial charge in [0.1, 0.15) is 23.2 Å². The molecule has 0 saturated carbocycles. The van der Waals surface area contributed by atoms with Crippen LogP contribution in [0.2, 0.25) is 0 Å². The Labute approximate surface area is 196 Å². The summed E-state index contributed by atoms with van der Waals surface area (Å²) in [6, 6.07) is 5.30. The van der Waals surface area contributed by atoms with Gasteiger partial charge in [-0.25, -0.2) is 19.3 Å². The van der Waals surface area contributed by atoms with E-state index in [1.165, 1.54) is 12.4 Å². The van der Waals surface area contributed by atoms with Crippen molar-refractivity contribution < 1.29 is 9.18 Å². The first-order chi connectivity index (χ1) is 16.0. The minimum absolute atomic E-state index is 0.209. The van der Waals surface area contributed by atoms with E-state index in [2.05, 4.69) is 26.3 Å². The zero-order chi connectivity index (χ0) is 24.7. The second-order valence-electron chi connectivity index (χ2n) is 9.48. The number of carbonyl (C=O) groups is 1. The number of nitrogen functional groups attached to an aromatic ring is 1. The van der Waals surface area contributed by atoms with Crippen molar-refractivity contribution in [2.45, 2.75) is 39.3 Å². The Morgan fingerprint density at radius 2 is 2.12 bits per heavy atom. The zero-order valence-electron chi connectivity index (χ0n) is 19.5. The van der Waals surface area contributed by atoms with E-state index in [-0.39, 0.29) is 30.6 Å². The molecule has 0 aliphatic carbocycles. The van der Waals surface area contributed by atoms with Crippen molar-refractivity contribution in [3.63, 3.8) is 0 Å². The van der Waals surface area contributed by atoms with Gasteiger partial charge in [0.25, 0.3) is 0 Å². The van der Waals surface area contributed by atoms with Crippen LogP contribution in [0.1, 0.15) is 31.4 Å². The lowest BCUT2D eigenvalue weighted by molar-refractivity contribution is -0.125. The molecule has 0 radical (unpaired) electrons. The van der Waals surface area contributed by atoms with Crippen molar-refractivity contribution in [1.29, 1.82) is 5.26 Å². The molecule has 1 atom stereocenters. The number of hydrogen-bond donors (Lipinski definition) is 3. The van der Waals surface area contributed by atoms with Crippen molar-refractivity contribution in [2.24, 2.45) is 11.1 Å². The third kappa shape index (κ3) is 4.24. The number of nitriles is 1. The predicted molar refractivity (Wildman–Crippen MR) is 126 cm³/mol. The van der Waals surface area contributed by atoms with Crippen molar-refractivity contribution in [3.8, 4) is 6.07 Å². The number of aromatic nitrogens is 4. The van der Waals surface area contributed by atoms with Crippen LogP contribution in [0.3, 0.4) is 0 Å². The van der Waals surface area contributed by atoms with Crippen molar-refractivity contribution >= 4 is 28.6 Å². The van der Waals surface area contributed by atoms with Gasteiger partial charge in [0.15, 0.2) is 11.5 Å². The van der Waals surface area contributed by atoms with Crippen LogP contribution in [0.15, 0.2) is 24.8 Å². The summed E-state index contributed by atoms with van der Waals surface area (Å²) in [6.45, 7) is 6.54. The van der Waals surface area contributed by atoms with Crippen LogP contribution in [-0.4, -0.2) is 50.6 Å². The smallest absolute Gasteiger partial charge is 0.242 e.